The van der Waals surface area contributed by atoms with Crippen molar-refractivity contribution < 1.29 is 14.3 Å². The summed E-state index contributed by atoms with van der Waals surface area (Å²) in [5.74, 6) is -0.350. The molecule has 7 heteroatoms. The van der Waals surface area contributed by atoms with Crippen molar-refractivity contribution in [2.24, 2.45) is 0 Å². The van der Waals surface area contributed by atoms with Crippen LogP contribution < -0.4 is 0 Å². The minimum Gasteiger partial charge on any atom is -0.380 e. The van der Waals surface area contributed by atoms with E-state index in [2.05, 4.69) is 4.90 Å². The van der Waals surface area contributed by atoms with E-state index in [0.29, 0.717) is 47.5 Å². The summed E-state index contributed by atoms with van der Waals surface area (Å²) in [5, 5.41) is 1.36. The van der Waals surface area contributed by atoms with Gasteiger partial charge >= 0.3 is 0 Å². The van der Waals surface area contributed by atoms with Gasteiger partial charge in [-0.1, -0.05) is 54.2 Å². The lowest BCUT2D eigenvalue weighted by Crippen LogP contribution is -2.30. The third kappa shape index (κ3) is 6.30. The molecule has 2 amide bonds. The molecule has 0 aliphatic carbocycles. The van der Waals surface area contributed by atoms with Gasteiger partial charge in [-0.3, -0.25) is 19.4 Å². The van der Waals surface area contributed by atoms with E-state index in [1.54, 1.807) is 24.3 Å². The first kappa shape index (κ1) is 23.7. The number of likely N-dealkylation sites (N-methyl/N-ethyl adjacent to an activating group) is 1. The lowest BCUT2D eigenvalue weighted by atomic mass is 10.1. The summed E-state index contributed by atoms with van der Waals surface area (Å²) in [6.07, 6.45) is 3.74. The molecule has 2 aromatic rings. The Labute approximate surface area is 193 Å². The summed E-state index contributed by atoms with van der Waals surface area (Å²) in [4.78, 5) is 28.1. The van der Waals surface area contributed by atoms with Crippen molar-refractivity contribution in [2.45, 2.75) is 32.2 Å². The minimum absolute atomic E-state index is 0.175. The number of imide groups is 1. The van der Waals surface area contributed by atoms with Crippen molar-refractivity contribution in [1.82, 2.24) is 9.80 Å². The van der Waals surface area contributed by atoms with Crippen LogP contribution in [0.2, 0.25) is 10.0 Å². The number of carbonyl (C=O) groups is 2. The van der Waals surface area contributed by atoms with Gasteiger partial charge in [-0.05, 0) is 44.2 Å². The van der Waals surface area contributed by atoms with E-state index >= 15 is 0 Å². The van der Waals surface area contributed by atoms with Crippen LogP contribution in [-0.2, 0) is 11.3 Å². The van der Waals surface area contributed by atoms with Crippen molar-refractivity contribution in [3.05, 3.63) is 69.2 Å². The molecule has 0 N–H and O–H groups in total. The number of ether oxygens (including phenoxy) is 1. The normalized spacial score (nSPS) is 13.4. The fourth-order valence-corrected chi connectivity index (χ4v) is 4.14. The second kappa shape index (κ2) is 11.6. The third-order valence-corrected chi connectivity index (χ3v) is 6.11. The molecule has 1 heterocycles. The second-order valence-corrected chi connectivity index (χ2v) is 8.59. The number of unbranched alkanes of at least 4 members (excludes halogenated alkanes) is 3. The van der Waals surface area contributed by atoms with E-state index in [0.717, 1.165) is 37.8 Å². The van der Waals surface area contributed by atoms with E-state index in [1.807, 2.05) is 25.2 Å². The molecule has 1 aliphatic heterocycles. The molecule has 0 saturated heterocycles. The molecular weight excluding hydrogens is 435 g/mol. The average Bonchev–Trinajstić information content (AvgIpc) is 3.00. The largest absolute Gasteiger partial charge is 0.380 e. The zero-order chi connectivity index (χ0) is 22.2. The van der Waals surface area contributed by atoms with E-state index in [4.69, 9.17) is 27.9 Å². The van der Waals surface area contributed by atoms with Gasteiger partial charge in [-0.15, -0.1) is 0 Å². The van der Waals surface area contributed by atoms with Gasteiger partial charge in [0.05, 0.1) is 17.7 Å². The van der Waals surface area contributed by atoms with Crippen LogP contribution in [0, 0.1) is 0 Å². The summed E-state index contributed by atoms with van der Waals surface area (Å²) in [6, 6.07) is 12.6. The predicted molar refractivity (Wildman–Crippen MR) is 124 cm³/mol. The van der Waals surface area contributed by atoms with Gasteiger partial charge in [0.25, 0.3) is 11.8 Å². The summed E-state index contributed by atoms with van der Waals surface area (Å²) >= 11 is 12.4. The molecule has 0 unspecified atom stereocenters. The maximum Gasteiger partial charge on any atom is 0.261 e. The maximum absolute atomic E-state index is 12.3. The summed E-state index contributed by atoms with van der Waals surface area (Å²) in [5.41, 5.74) is 1.97. The van der Waals surface area contributed by atoms with Gasteiger partial charge < -0.3 is 4.74 Å². The first-order valence-corrected chi connectivity index (χ1v) is 11.4. The van der Waals surface area contributed by atoms with Gasteiger partial charge in [0.15, 0.2) is 0 Å². The van der Waals surface area contributed by atoms with Crippen LogP contribution in [0.25, 0.3) is 0 Å². The predicted octanol–water partition coefficient (Wildman–Crippen LogP) is 5.30. The van der Waals surface area contributed by atoms with Crippen LogP contribution in [0.1, 0.15) is 52.0 Å². The van der Waals surface area contributed by atoms with Crippen molar-refractivity contribution >= 4 is 35.0 Å². The smallest absolute Gasteiger partial charge is 0.261 e. The molecule has 2 aromatic carbocycles. The molecule has 166 valence electrons. The van der Waals surface area contributed by atoms with E-state index in [9.17, 15) is 9.59 Å². The molecule has 31 heavy (non-hydrogen) atoms. The van der Waals surface area contributed by atoms with Gasteiger partial charge in [-0.2, -0.15) is 0 Å². The molecule has 1 aliphatic rings. The van der Waals surface area contributed by atoms with E-state index in [-0.39, 0.29) is 11.8 Å². The fourth-order valence-electron chi connectivity index (χ4n) is 3.62. The molecule has 0 aromatic heterocycles. The molecule has 0 radical (unpaired) electrons. The Morgan fingerprint density at radius 1 is 0.839 bits per heavy atom. The third-order valence-electron chi connectivity index (χ3n) is 5.41. The van der Waals surface area contributed by atoms with Crippen LogP contribution >= 0.6 is 23.2 Å². The highest BCUT2D eigenvalue weighted by Crippen LogP contribution is 2.25. The Hall–Kier alpha value is -1.92. The first-order chi connectivity index (χ1) is 15.0. The van der Waals surface area contributed by atoms with Crippen LogP contribution in [-0.4, -0.2) is 55.0 Å². The Balaban J connectivity index is 1.23. The highest BCUT2D eigenvalue weighted by Gasteiger charge is 2.34. The van der Waals surface area contributed by atoms with Gasteiger partial charge in [-0.25, -0.2) is 0 Å². The van der Waals surface area contributed by atoms with E-state index in [1.165, 1.54) is 4.90 Å². The zero-order valence-electron chi connectivity index (χ0n) is 17.8. The molecule has 0 spiro atoms. The number of hydrogen-bond donors (Lipinski definition) is 0. The molecular formula is C24H28Cl2N2O3. The minimum atomic E-state index is -0.175. The van der Waals surface area contributed by atoms with Gasteiger partial charge in [0.1, 0.15) is 0 Å². The maximum atomic E-state index is 12.3. The molecule has 5 nitrogen and oxygen atoms in total. The van der Waals surface area contributed by atoms with E-state index < -0.39 is 0 Å². The van der Waals surface area contributed by atoms with Crippen molar-refractivity contribution in [2.75, 3.05) is 33.4 Å². The Kier molecular flexibility index (Phi) is 8.90. The number of hydrogen-bond acceptors (Lipinski definition) is 4. The van der Waals surface area contributed by atoms with Crippen molar-refractivity contribution in [1.29, 1.82) is 0 Å². The molecule has 0 bridgehead atoms. The Morgan fingerprint density at radius 3 is 2.10 bits per heavy atom. The van der Waals surface area contributed by atoms with Crippen LogP contribution in [0.5, 0.6) is 0 Å². The monoisotopic (exact) mass is 462 g/mol. The quantitative estimate of drug-likeness (QED) is 0.317. The lowest BCUT2D eigenvalue weighted by Gasteiger charge is -2.18. The van der Waals surface area contributed by atoms with Crippen LogP contribution in [0.3, 0.4) is 0 Å². The summed E-state index contributed by atoms with van der Waals surface area (Å²) < 4.78 is 5.73. The Bertz CT molecular complexity index is 864. The zero-order valence-corrected chi connectivity index (χ0v) is 19.3. The molecule has 0 atom stereocenters. The standard InChI is InChI=1S/C24H28Cl2N2O3/c1-27(17-20-21(25)11-8-12-22(20)26)14-16-31-15-7-3-2-6-13-28-23(29)18-9-4-5-10-19(18)24(28)30/h4-5,8-12H,2-3,6-7,13-17H2,1H3. The summed E-state index contributed by atoms with van der Waals surface area (Å²) in [7, 11) is 2.02. The molecule has 3 rings (SSSR count). The highest BCUT2D eigenvalue weighted by atomic mass is 35.5. The number of rotatable bonds is 12. The number of amides is 2. The average molecular weight is 463 g/mol. The van der Waals surface area contributed by atoms with Crippen molar-refractivity contribution in [3.8, 4) is 0 Å². The fraction of sp³-hybridized carbons (Fsp3) is 0.417. The molecule has 0 saturated carbocycles. The number of fused-ring (bicyclic) bond motifs is 1. The van der Waals surface area contributed by atoms with Gasteiger partial charge in [0.2, 0.25) is 0 Å². The number of carbonyl (C=O) groups excluding carboxylic acids is 2. The van der Waals surface area contributed by atoms with Crippen LogP contribution in [0.15, 0.2) is 42.5 Å². The number of benzene rings is 2. The molecule has 0 fully saturated rings. The second-order valence-electron chi connectivity index (χ2n) is 7.77. The lowest BCUT2D eigenvalue weighted by molar-refractivity contribution is 0.0650. The number of halogens is 2. The number of nitrogens with zero attached hydrogens (tertiary/aromatic N) is 2. The summed E-state index contributed by atoms with van der Waals surface area (Å²) in [6.45, 7) is 3.30. The highest BCUT2D eigenvalue weighted by molar-refractivity contribution is 6.36. The first-order valence-electron chi connectivity index (χ1n) is 10.6. The SMILES string of the molecule is CN(CCOCCCCCCN1C(=O)c2ccccc2C1=O)Cc1c(Cl)cccc1Cl. The topological polar surface area (TPSA) is 49.9 Å². The Morgan fingerprint density at radius 2 is 1.45 bits per heavy atom. The van der Waals surface area contributed by atoms with Crippen molar-refractivity contribution in [3.63, 3.8) is 0 Å². The van der Waals surface area contributed by atoms with Gasteiger partial charge in [0, 0.05) is 41.8 Å². The van der Waals surface area contributed by atoms with Crippen LogP contribution in [0.4, 0.5) is 0 Å².